The number of ether oxygens (including phenoxy) is 4. The Bertz CT molecular complexity index is 1360. The summed E-state index contributed by atoms with van der Waals surface area (Å²) in [7, 11) is 2.57. The predicted molar refractivity (Wildman–Crippen MR) is 168 cm³/mol. The lowest BCUT2D eigenvalue weighted by atomic mass is 9.75. The van der Waals surface area contributed by atoms with Gasteiger partial charge in [0.15, 0.2) is 22.4 Å². The number of Topliss-reactive ketones (excluding diaryl/α,β-unsaturated/α-hetero) is 1. The van der Waals surface area contributed by atoms with Crippen LogP contribution in [0.2, 0.25) is 0 Å². The molecule has 2 aliphatic heterocycles. The quantitative estimate of drug-likeness (QED) is 0.248. The van der Waals surface area contributed by atoms with Crippen molar-refractivity contribution >= 4 is 35.7 Å². The molecular formula is C36H42O8. The number of methoxy groups -OCH3 is 2. The second kappa shape index (κ2) is 16.0. The lowest BCUT2D eigenvalue weighted by molar-refractivity contribution is -0.177. The van der Waals surface area contributed by atoms with E-state index in [-0.39, 0.29) is 24.1 Å². The molecule has 0 aliphatic carbocycles. The average molecular weight is 603 g/mol. The SMILES string of the molecule is CCCC[C@@H]1CC(=O)[C@@](C)(C(=O)OC)[C@@H](/C=C/c2ccccc2)O1.COC(=O)[C@]1(C)C(=O)C=CO[C@@H]1/C=C/c1ccccc1. The van der Waals surface area contributed by atoms with E-state index in [1.54, 1.807) is 13.0 Å². The van der Waals surface area contributed by atoms with Gasteiger partial charge in [-0.1, -0.05) is 98.7 Å². The van der Waals surface area contributed by atoms with Crippen LogP contribution in [0.4, 0.5) is 0 Å². The van der Waals surface area contributed by atoms with Crippen LogP contribution in [0.25, 0.3) is 12.2 Å². The van der Waals surface area contributed by atoms with Crippen molar-refractivity contribution in [3.05, 3.63) is 96.3 Å². The van der Waals surface area contributed by atoms with Crippen molar-refractivity contribution in [1.29, 1.82) is 0 Å². The summed E-state index contributed by atoms with van der Waals surface area (Å²) in [6, 6.07) is 19.3. The van der Waals surface area contributed by atoms with E-state index in [2.05, 4.69) is 6.92 Å². The maximum absolute atomic E-state index is 12.7. The van der Waals surface area contributed by atoms with Crippen molar-refractivity contribution in [3.63, 3.8) is 0 Å². The van der Waals surface area contributed by atoms with Crippen molar-refractivity contribution in [2.75, 3.05) is 14.2 Å². The summed E-state index contributed by atoms with van der Waals surface area (Å²) in [5, 5.41) is 0. The number of allylic oxidation sites excluding steroid dienone is 1. The minimum Gasteiger partial charge on any atom is -0.492 e. The van der Waals surface area contributed by atoms with Crippen LogP contribution in [0.5, 0.6) is 0 Å². The third-order valence-electron chi connectivity index (χ3n) is 8.05. The fourth-order valence-electron chi connectivity index (χ4n) is 5.08. The zero-order valence-electron chi connectivity index (χ0n) is 26.1. The largest absolute Gasteiger partial charge is 0.492 e. The van der Waals surface area contributed by atoms with E-state index in [0.29, 0.717) is 0 Å². The molecule has 8 heteroatoms. The zero-order valence-corrected chi connectivity index (χ0v) is 26.1. The maximum atomic E-state index is 12.7. The monoisotopic (exact) mass is 602 g/mol. The number of unbranched alkanes of at least 4 members (excludes halogenated alkanes) is 1. The van der Waals surface area contributed by atoms with E-state index < -0.39 is 35.0 Å². The molecule has 1 saturated heterocycles. The first-order valence-corrected chi connectivity index (χ1v) is 14.8. The van der Waals surface area contributed by atoms with Crippen LogP contribution in [0, 0.1) is 10.8 Å². The minimum atomic E-state index is -1.35. The van der Waals surface area contributed by atoms with E-state index in [0.717, 1.165) is 30.4 Å². The molecule has 5 atom stereocenters. The summed E-state index contributed by atoms with van der Waals surface area (Å²) >= 11 is 0. The average Bonchev–Trinajstić information content (AvgIpc) is 3.05. The number of rotatable bonds is 9. The van der Waals surface area contributed by atoms with Gasteiger partial charge in [0.05, 0.1) is 32.7 Å². The van der Waals surface area contributed by atoms with Crippen molar-refractivity contribution in [2.24, 2.45) is 10.8 Å². The molecular weight excluding hydrogens is 560 g/mol. The Balaban J connectivity index is 0.000000244. The number of benzene rings is 2. The topological polar surface area (TPSA) is 105 Å². The van der Waals surface area contributed by atoms with Crippen molar-refractivity contribution in [3.8, 4) is 0 Å². The van der Waals surface area contributed by atoms with Gasteiger partial charge in [-0.15, -0.1) is 0 Å². The first kappa shape index (κ1) is 34.2. The van der Waals surface area contributed by atoms with Gasteiger partial charge >= 0.3 is 11.9 Å². The van der Waals surface area contributed by atoms with Gasteiger partial charge in [-0.05, 0) is 37.5 Å². The van der Waals surface area contributed by atoms with Gasteiger partial charge < -0.3 is 18.9 Å². The minimum absolute atomic E-state index is 0.107. The van der Waals surface area contributed by atoms with E-state index in [1.165, 1.54) is 33.5 Å². The van der Waals surface area contributed by atoms with Gasteiger partial charge in [-0.3, -0.25) is 19.2 Å². The normalized spacial score (nSPS) is 26.5. The Morgan fingerprint density at radius 3 is 1.89 bits per heavy atom. The Morgan fingerprint density at radius 1 is 0.841 bits per heavy atom. The number of hydrogen-bond donors (Lipinski definition) is 0. The summed E-state index contributed by atoms with van der Waals surface area (Å²) in [5.41, 5.74) is -0.681. The van der Waals surface area contributed by atoms with E-state index in [4.69, 9.17) is 18.9 Å². The molecule has 2 aromatic carbocycles. The van der Waals surface area contributed by atoms with Gasteiger partial charge in [-0.25, -0.2) is 0 Å². The molecule has 0 bridgehead atoms. The number of carbonyl (C=O) groups is 4. The number of hydrogen-bond acceptors (Lipinski definition) is 8. The number of carbonyl (C=O) groups excluding carboxylic acids is 4. The van der Waals surface area contributed by atoms with E-state index in [9.17, 15) is 19.2 Å². The molecule has 234 valence electrons. The lowest BCUT2D eigenvalue weighted by Gasteiger charge is -2.39. The zero-order chi connectivity index (χ0) is 32.2. The molecule has 2 heterocycles. The Labute approximate surface area is 259 Å². The van der Waals surface area contributed by atoms with Gasteiger partial charge in [0, 0.05) is 12.5 Å². The molecule has 0 unspecified atom stereocenters. The molecule has 2 aromatic rings. The molecule has 4 rings (SSSR count). The van der Waals surface area contributed by atoms with Crippen LogP contribution in [0.15, 0.2) is 85.2 Å². The predicted octanol–water partition coefficient (Wildman–Crippen LogP) is 6.16. The molecule has 0 aromatic heterocycles. The third-order valence-corrected chi connectivity index (χ3v) is 8.05. The standard InChI is InChI=1S/C20H26O4.C16H16O4/c1-4-5-11-16-14-17(21)20(2,19(22)23-3)18(24-16)13-12-15-9-7-6-8-10-15;1-16(15(18)19-2)13(17)10-11-20-14(16)9-8-12-6-4-3-5-7-12/h6-10,12-13,16,18H,4-5,11,14H2,1-3H3;3-11,14H,1-2H3/b13-12+;9-8+/t16-,18-,20-;14-,16-/m11/s1. The van der Waals surface area contributed by atoms with Crippen LogP contribution in [-0.4, -0.2) is 56.0 Å². The Kier molecular flexibility index (Phi) is 12.4. The highest BCUT2D eigenvalue weighted by Crippen LogP contribution is 2.37. The van der Waals surface area contributed by atoms with E-state index in [1.807, 2.05) is 78.9 Å². The highest BCUT2D eigenvalue weighted by molar-refractivity contribution is 6.10. The van der Waals surface area contributed by atoms with Gasteiger partial charge in [0.1, 0.15) is 6.10 Å². The summed E-state index contributed by atoms with van der Waals surface area (Å²) in [5.74, 6) is -1.57. The fourth-order valence-corrected chi connectivity index (χ4v) is 5.08. The molecule has 44 heavy (non-hydrogen) atoms. The molecule has 0 spiro atoms. The highest BCUT2D eigenvalue weighted by atomic mass is 16.5. The van der Waals surface area contributed by atoms with Crippen molar-refractivity contribution < 1.29 is 38.1 Å². The fraction of sp³-hybridized carbons (Fsp3) is 0.389. The smallest absolute Gasteiger partial charge is 0.323 e. The van der Waals surface area contributed by atoms with Crippen molar-refractivity contribution in [2.45, 2.75) is 64.8 Å². The van der Waals surface area contributed by atoms with E-state index >= 15 is 0 Å². The van der Waals surface area contributed by atoms with Crippen molar-refractivity contribution in [1.82, 2.24) is 0 Å². The van der Waals surface area contributed by atoms with Crippen LogP contribution >= 0.6 is 0 Å². The molecule has 0 saturated carbocycles. The van der Waals surface area contributed by atoms with Crippen LogP contribution in [0.3, 0.4) is 0 Å². The maximum Gasteiger partial charge on any atom is 0.323 e. The number of esters is 2. The molecule has 8 nitrogen and oxygen atoms in total. The first-order chi connectivity index (χ1) is 21.1. The van der Waals surface area contributed by atoms with Crippen LogP contribution < -0.4 is 0 Å². The molecule has 0 N–H and O–H groups in total. The summed E-state index contributed by atoms with van der Waals surface area (Å²) in [4.78, 5) is 48.9. The summed E-state index contributed by atoms with van der Waals surface area (Å²) in [6.07, 6.45) is 11.5. The first-order valence-electron chi connectivity index (χ1n) is 14.8. The second-order valence-corrected chi connectivity index (χ2v) is 11.1. The van der Waals surface area contributed by atoms with Gasteiger partial charge in [-0.2, -0.15) is 0 Å². The summed E-state index contributed by atoms with van der Waals surface area (Å²) < 4.78 is 21.2. The Morgan fingerprint density at radius 2 is 1.36 bits per heavy atom. The molecule has 1 fully saturated rings. The van der Waals surface area contributed by atoms with Gasteiger partial charge in [0.25, 0.3) is 0 Å². The molecule has 2 aliphatic rings. The molecule has 0 radical (unpaired) electrons. The van der Waals surface area contributed by atoms with Crippen LogP contribution in [0.1, 0.15) is 57.6 Å². The van der Waals surface area contributed by atoms with Gasteiger partial charge in [0.2, 0.25) is 0 Å². The molecule has 0 amide bonds. The third kappa shape index (κ3) is 7.99. The lowest BCUT2D eigenvalue weighted by Crippen LogP contribution is -2.53. The van der Waals surface area contributed by atoms with Crippen LogP contribution in [-0.2, 0) is 38.1 Å². The number of ketones is 2. The summed E-state index contributed by atoms with van der Waals surface area (Å²) in [6.45, 7) is 5.26. The second-order valence-electron chi connectivity index (χ2n) is 11.1. The highest BCUT2D eigenvalue weighted by Gasteiger charge is 2.53. The Hall–Kier alpha value is -4.30.